The van der Waals surface area contributed by atoms with E-state index in [2.05, 4.69) is 11.2 Å². The van der Waals surface area contributed by atoms with Gasteiger partial charge < -0.3 is 10.4 Å². The molecule has 0 saturated carbocycles. The first-order valence-corrected chi connectivity index (χ1v) is 5.25. The Kier molecular flexibility index (Phi) is 5.35. The van der Waals surface area contributed by atoms with E-state index in [1.54, 1.807) is 6.07 Å². The first kappa shape index (κ1) is 11.6. The van der Waals surface area contributed by atoms with Crippen molar-refractivity contribution in [2.24, 2.45) is 0 Å². The third kappa shape index (κ3) is 4.53. The van der Waals surface area contributed by atoms with Gasteiger partial charge in [-0.1, -0.05) is 18.2 Å². The topological polar surface area (TPSA) is 32.3 Å². The summed E-state index contributed by atoms with van der Waals surface area (Å²) in [5, 5.41) is 12.8. The largest absolute Gasteiger partial charge is 0.508 e. The molecule has 1 aromatic carbocycles. The third-order valence-corrected chi connectivity index (χ3v) is 2.23. The van der Waals surface area contributed by atoms with Gasteiger partial charge in [-0.05, 0) is 25.5 Å². The van der Waals surface area contributed by atoms with Crippen LogP contribution in [0.2, 0.25) is 0 Å². The van der Waals surface area contributed by atoms with Gasteiger partial charge in [0.15, 0.2) is 0 Å². The number of terminal acetylenes is 1. The standard InChI is InChI=1S/C13H17NO/c1-2-3-4-7-10-14-11-12-8-5-6-9-13(12)15/h1,5-6,8-9,14-15H,3-4,7,10-11H2. The molecule has 2 N–H and O–H groups in total. The lowest BCUT2D eigenvalue weighted by atomic mass is 10.2. The van der Waals surface area contributed by atoms with Crippen molar-refractivity contribution in [2.45, 2.75) is 25.8 Å². The van der Waals surface area contributed by atoms with Crippen molar-refractivity contribution in [1.82, 2.24) is 5.32 Å². The van der Waals surface area contributed by atoms with Crippen LogP contribution in [0.15, 0.2) is 24.3 Å². The number of hydrogen-bond donors (Lipinski definition) is 2. The maximum Gasteiger partial charge on any atom is 0.120 e. The second-order valence-electron chi connectivity index (χ2n) is 3.47. The van der Waals surface area contributed by atoms with E-state index in [1.807, 2.05) is 18.2 Å². The molecule has 0 aliphatic heterocycles. The van der Waals surface area contributed by atoms with Gasteiger partial charge in [-0.25, -0.2) is 0 Å². The number of phenols is 1. The number of aromatic hydroxyl groups is 1. The average Bonchev–Trinajstić information content (AvgIpc) is 2.25. The Hall–Kier alpha value is -1.46. The zero-order valence-electron chi connectivity index (χ0n) is 8.87. The van der Waals surface area contributed by atoms with Gasteiger partial charge >= 0.3 is 0 Å². The van der Waals surface area contributed by atoms with Gasteiger partial charge in [0.2, 0.25) is 0 Å². The monoisotopic (exact) mass is 203 g/mol. The van der Waals surface area contributed by atoms with Gasteiger partial charge in [0.25, 0.3) is 0 Å². The summed E-state index contributed by atoms with van der Waals surface area (Å²) in [5.41, 5.74) is 0.939. The van der Waals surface area contributed by atoms with E-state index >= 15 is 0 Å². The fourth-order valence-corrected chi connectivity index (χ4v) is 1.36. The van der Waals surface area contributed by atoms with Crippen molar-refractivity contribution >= 4 is 0 Å². The first-order chi connectivity index (χ1) is 7.34. The summed E-state index contributed by atoms with van der Waals surface area (Å²) in [5.74, 6) is 2.97. The zero-order chi connectivity index (χ0) is 10.9. The molecular weight excluding hydrogens is 186 g/mol. The fourth-order valence-electron chi connectivity index (χ4n) is 1.36. The third-order valence-electron chi connectivity index (χ3n) is 2.23. The first-order valence-electron chi connectivity index (χ1n) is 5.25. The smallest absolute Gasteiger partial charge is 0.120 e. The van der Waals surface area contributed by atoms with Crippen molar-refractivity contribution in [1.29, 1.82) is 0 Å². The van der Waals surface area contributed by atoms with Crippen LogP contribution in [0.5, 0.6) is 5.75 Å². The molecule has 0 amide bonds. The molecule has 0 heterocycles. The molecule has 2 nitrogen and oxygen atoms in total. The molecule has 1 rings (SSSR count). The lowest BCUT2D eigenvalue weighted by Gasteiger charge is -2.05. The Morgan fingerprint density at radius 1 is 1.27 bits per heavy atom. The summed E-state index contributed by atoms with van der Waals surface area (Å²) in [6, 6.07) is 7.37. The molecular formula is C13H17NO. The molecule has 80 valence electrons. The van der Waals surface area contributed by atoms with Crippen LogP contribution in [-0.2, 0) is 6.54 Å². The highest BCUT2D eigenvalue weighted by molar-refractivity contribution is 5.31. The molecule has 15 heavy (non-hydrogen) atoms. The highest BCUT2D eigenvalue weighted by Crippen LogP contribution is 2.14. The van der Waals surface area contributed by atoms with Gasteiger partial charge in [0.05, 0.1) is 0 Å². The van der Waals surface area contributed by atoms with Crippen molar-refractivity contribution in [3.63, 3.8) is 0 Å². The van der Waals surface area contributed by atoms with E-state index < -0.39 is 0 Å². The van der Waals surface area contributed by atoms with Crippen LogP contribution in [-0.4, -0.2) is 11.7 Å². The summed E-state index contributed by atoms with van der Waals surface area (Å²) >= 11 is 0. The number of nitrogens with one attached hydrogen (secondary N) is 1. The lowest BCUT2D eigenvalue weighted by molar-refractivity contribution is 0.464. The van der Waals surface area contributed by atoms with Crippen LogP contribution in [0.4, 0.5) is 0 Å². The molecule has 0 fully saturated rings. The van der Waals surface area contributed by atoms with Crippen molar-refractivity contribution in [2.75, 3.05) is 6.54 Å². The number of unbranched alkanes of at least 4 members (excludes halogenated alkanes) is 2. The molecule has 2 heteroatoms. The van der Waals surface area contributed by atoms with E-state index in [0.29, 0.717) is 12.3 Å². The van der Waals surface area contributed by atoms with Crippen LogP contribution in [0, 0.1) is 12.3 Å². The summed E-state index contributed by atoms with van der Waals surface area (Å²) in [6.07, 6.45) is 8.14. The average molecular weight is 203 g/mol. The number of rotatable bonds is 6. The predicted molar refractivity (Wildman–Crippen MR) is 62.5 cm³/mol. The minimum absolute atomic E-state index is 0.355. The van der Waals surface area contributed by atoms with E-state index in [0.717, 1.165) is 31.4 Å². The highest BCUT2D eigenvalue weighted by Gasteiger charge is 1.97. The van der Waals surface area contributed by atoms with E-state index in [-0.39, 0.29) is 0 Å². The van der Waals surface area contributed by atoms with Gasteiger partial charge in [0, 0.05) is 18.5 Å². The molecule has 0 bridgehead atoms. The van der Waals surface area contributed by atoms with Crippen LogP contribution in [0.1, 0.15) is 24.8 Å². The molecule has 0 unspecified atom stereocenters. The van der Waals surface area contributed by atoms with Crippen LogP contribution in [0.25, 0.3) is 0 Å². The lowest BCUT2D eigenvalue weighted by Crippen LogP contribution is -2.14. The number of benzene rings is 1. The van der Waals surface area contributed by atoms with Crippen LogP contribution >= 0.6 is 0 Å². The van der Waals surface area contributed by atoms with Gasteiger partial charge in [-0.3, -0.25) is 0 Å². The van der Waals surface area contributed by atoms with Crippen molar-refractivity contribution in [3.8, 4) is 18.1 Å². The van der Waals surface area contributed by atoms with E-state index in [1.165, 1.54) is 0 Å². The number of phenolic OH excluding ortho intramolecular Hbond substituents is 1. The maximum atomic E-state index is 9.48. The van der Waals surface area contributed by atoms with E-state index in [9.17, 15) is 5.11 Å². The molecule has 0 aliphatic carbocycles. The second-order valence-corrected chi connectivity index (χ2v) is 3.47. The summed E-state index contributed by atoms with van der Waals surface area (Å²) in [7, 11) is 0. The van der Waals surface area contributed by atoms with Crippen molar-refractivity contribution < 1.29 is 5.11 Å². The van der Waals surface area contributed by atoms with E-state index in [4.69, 9.17) is 6.42 Å². The molecule has 0 saturated heterocycles. The molecule has 0 spiro atoms. The SMILES string of the molecule is C#CCCCCNCc1ccccc1O. The minimum Gasteiger partial charge on any atom is -0.508 e. The molecule has 1 aromatic rings. The highest BCUT2D eigenvalue weighted by atomic mass is 16.3. The Labute approximate surface area is 91.3 Å². The summed E-state index contributed by atoms with van der Waals surface area (Å²) < 4.78 is 0. The Morgan fingerprint density at radius 3 is 2.80 bits per heavy atom. The van der Waals surface area contributed by atoms with Gasteiger partial charge in [-0.2, -0.15) is 0 Å². The molecule has 0 aliphatic rings. The summed E-state index contributed by atoms with van der Waals surface area (Å²) in [6.45, 7) is 1.65. The molecule has 0 radical (unpaired) electrons. The van der Waals surface area contributed by atoms with Crippen LogP contribution in [0.3, 0.4) is 0 Å². The Morgan fingerprint density at radius 2 is 2.07 bits per heavy atom. The van der Waals surface area contributed by atoms with Gasteiger partial charge in [-0.15, -0.1) is 12.3 Å². The molecule has 0 aromatic heterocycles. The minimum atomic E-state index is 0.355. The summed E-state index contributed by atoms with van der Waals surface area (Å²) in [4.78, 5) is 0. The maximum absolute atomic E-state index is 9.48. The number of para-hydroxylation sites is 1. The zero-order valence-corrected chi connectivity index (χ0v) is 8.87. The predicted octanol–water partition coefficient (Wildman–Crippen LogP) is 2.29. The molecule has 0 atom stereocenters. The Bertz CT molecular complexity index is 328. The van der Waals surface area contributed by atoms with Crippen molar-refractivity contribution in [3.05, 3.63) is 29.8 Å². The normalized spacial score (nSPS) is 9.80. The number of hydrogen-bond acceptors (Lipinski definition) is 2. The fraction of sp³-hybridized carbons (Fsp3) is 0.385. The second kappa shape index (κ2) is 6.92. The Balaban J connectivity index is 2.16. The quantitative estimate of drug-likeness (QED) is 0.549. The van der Waals surface area contributed by atoms with Crippen LogP contribution < -0.4 is 5.32 Å². The van der Waals surface area contributed by atoms with Gasteiger partial charge in [0.1, 0.15) is 5.75 Å².